The summed E-state index contributed by atoms with van der Waals surface area (Å²) < 4.78 is 2.29. The quantitative estimate of drug-likeness (QED) is 0.402. The van der Waals surface area contributed by atoms with E-state index in [1.165, 1.54) is 10.8 Å². The number of aromatic hydroxyl groups is 1. The highest BCUT2D eigenvalue weighted by atomic mass is 16.3. The fourth-order valence-electron chi connectivity index (χ4n) is 4.84. The number of hydrogen-bond acceptors (Lipinski definition) is 4. The third-order valence-electron chi connectivity index (χ3n) is 6.42. The molecule has 158 valence electrons. The Bertz CT molecular complexity index is 1430. The molecule has 0 amide bonds. The third kappa shape index (κ3) is 3.22. The van der Waals surface area contributed by atoms with E-state index in [-0.39, 0.29) is 5.75 Å². The monoisotopic (exact) mass is 420 g/mol. The highest BCUT2D eigenvalue weighted by Crippen LogP contribution is 2.36. The molecular weight excluding hydrogens is 396 g/mol. The summed E-state index contributed by atoms with van der Waals surface area (Å²) >= 11 is 0. The maximum Gasteiger partial charge on any atom is 0.161 e. The molecule has 0 saturated carbocycles. The number of imidazole rings is 1. The first-order valence-corrected chi connectivity index (χ1v) is 11.1. The van der Waals surface area contributed by atoms with Gasteiger partial charge >= 0.3 is 0 Å². The van der Waals surface area contributed by atoms with Crippen LogP contribution in [-0.2, 0) is 0 Å². The Kier molecular flexibility index (Phi) is 4.62. The second kappa shape index (κ2) is 7.77. The van der Waals surface area contributed by atoms with Crippen LogP contribution in [0.15, 0.2) is 79.0 Å². The molecule has 1 saturated heterocycles. The van der Waals surface area contributed by atoms with Crippen molar-refractivity contribution in [3.63, 3.8) is 0 Å². The highest BCUT2D eigenvalue weighted by Gasteiger charge is 2.24. The Labute approximate surface area is 186 Å². The van der Waals surface area contributed by atoms with Crippen LogP contribution in [0.25, 0.3) is 44.5 Å². The number of phenolic OH excluding ortho intramolecular Hbond substituents is 1. The molecule has 0 atom stereocenters. The summed E-state index contributed by atoms with van der Waals surface area (Å²) in [5, 5.41) is 16.0. The molecule has 0 unspecified atom stereocenters. The molecule has 5 heteroatoms. The van der Waals surface area contributed by atoms with Crippen LogP contribution in [0.5, 0.6) is 5.75 Å². The third-order valence-corrected chi connectivity index (χ3v) is 6.42. The predicted molar refractivity (Wildman–Crippen MR) is 129 cm³/mol. The van der Waals surface area contributed by atoms with Crippen LogP contribution in [0.1, 0.15) is 18.9 Å². The second-order valence-electron chi connectivity index (χ2n) is 8.43. The van der Waals surface area contributed by atoms with Crippen molar-refractivity contribution in [1.82, 2.24) is 19.9 Å². The van der Waals surface area contributed by atoms with Gasteiger partial charge in [-0.1, -0.05) is 48.5 Å². The SMILES string of the molecule is Oc1cccc(-c2nc3c(-c4ccc5ccccc5c4)ccnc3n2C2CCNCC2)c1. The van der Waals surface area contributed by atoms with Crippen molar-refractivity contribution in [1.29, 1.82) is 0 Å². The van der Waals surface area contributed by atoms with Gasteiger partial charge in [-0.15, -0.1) is 0 Å². The lowest BCUT2D eigenvalue weighted by Crippen LogP contribution is -2.29. The number of nitrogens with zero attached hydrogens (tertiary/aromatic N) is 3. The first-order chi connectivity index (χ1) is 15.8. The largest absolute Gasteiger partial charge is 0.508 e. The zero-order valence-corrected chi connectivity index (χ0v) is 17.7. The standard InChI is InChI=1S/C27H24N4O/c32-23-7-3-6-21(17-23)26-30-25-24(20-9-8-18-4-1-2-5-19(18)16-20)12-15-29-27(25)31(26)22-10-13-28-14-11-22/h1-9,12,15-17,22,28,32H,10-11,13-14H2. The van der Waals surface area contributed by atoms with E-state index < -0.39 is 0 Å². The summed E-state index contributed by atoms with van der Waals surface area (Å²) in [5.74, 6) is 1.11. The Morgan fingerprint density at radius 1 is 0.844 bits per heavy atom. The Morgan fingerprint density at radius 3 is 2.53 bits per heavy atom. The van der Waals surface area contributed by atoms with Crippen molar-refractivity contribution in [3.8, 4) is 28.3 Å². The summed E-state index contributed by atoms with van der Waals surface area (Å²) in [6, 6.07) is 24.7. The van der Waals surface area contributed by atoms with Crippen LogP contribution in [0, 0.1) is 0 Å². The van der Waals surface area contributed by atoms with E-state index >= 15 is 0 Å². The Balaban J connectivity index is 1.60. The first-order valence-electron chi connectivity index (χ1n) is 11.1. The van der Waals surface area contributed by atoms with Gasteiger partial charge in [-0.25, -0.2) is 9.97 Å². The van der Waals surface area contributed by atoms with Gasteiger partial charge in [0.15, 0.2) is 5.65 Å². The van der Waals surface area contributed by atoms with Crippen LogP contribution in [0.2, 0.25) is 0 Å². The number of piperidine rings is 1. The van der Waals surface area contributed by atoms with Crippen molar-refractivity contribution in [2.24, 2.45) is 0 Å². The molecule has 6 rings (SSSR count). The average molecular weight is 421 g/mol. The number of nitrogens with one attached hydrogen (secondary N) is 1. The molecule has 1 fully saturated rings. The summed E-state index contributed by atoms with van der Waals surface area (Å²) in [6.07, 6.45) is 3.94. The number of pyridine rings is 1. The molecule has 0 bridgehead atoms. The van der Waals surface area contributed by atoms with Gasteiger partial charge in [0.2, 0.25) is 0 Å². The molecule has 2 aromatic heterocycles. The Morgan fingerprint density at radius 2 is 1.69 bits per heavy atom. The number of rotatable bonds is 3. The maximum atomic E-state index is 10.1. The van der Waals surface area contributed by atoms with E-state index in [1.54, 1.807) is 12.1 Å². The van der Waals surface area contributed by atoms with Crippen molar-refractivity contribution in [2.45, 2.75) is 18.9 Å². The zero-order chi connectivity index (χ0) is 21.5. The predicted octanol–water partition coefficient (Wildman–Crippen LogP) is 5.55. The lowest BCUT2D eigenvalue weighted by molar-refractivity contribution is 0.376. The summed E-state index contributed by atoms with van der Waals surface area (Å²) in [7, 11) is 0. The molecule has 1 aliphatic heterocycles. The number of phenols is 1. The minimum atomic E-state index is 0.245. The normalized spacial score (nSPS) is 14.9. The van der Waals surface area contributed by atoms with Crippen LogP contribution < -0.4 is 5.32 Å². The molecule has 0 spiro atoms. The molecule has 1 aliphatic rings. The van der Waals surface area contributed by atoms with Gasteiger partial charge in [-0.05, 0) is 66.5 Å². The molecule has 3 aromatic carbocycles. The molecule has 5 aromatic rings. The molecule has 32 heavy (non-hydrogen) atoms. The average Bonchev–Trinajstić information content (AvgIpc) is 3.24. The van der Waals surface area contributed by atoms with Crippen LogP contribution in [-0.4, -0.2) is 32.7 Å². The Hall–Kier alpha value is -3.70. The molecule has 5 nitrogen and oxygen atoms in total. The maximum absolute atomic E-state index is 10.1. The van der Waals surface area contributed by atoms with Gasteiger partial charge in [-0.3, -0.25) is 0 Å². The van der Waals surface area contributed by atoms with E-state index in [9.17, 15) is 5.11 Å². The molecular formula is C27H24N4O. The van der Waals surface area contributed by atoms with Gasteiger partial charge in [0.1, 0.15) is 17.1 Å². The smallest absolute Gasteiger partial charge is 0.161 e. The zero-order valence-electron chi connectivity index (χ0n) is 17.7. The van der Waals surface area contributed by atoms with Crippen molar-refractivity contribution < 1.29 is 5.11 Å². The summed E-state index contributed by atoms with van der Waals surface area (Å²) in [5.41, 5.74) is 4.93. The number of fused-ring (bicyclic) bond motifs is 2. The minimum Gasteiger partial charge on any atom is -0.508 e. The number of aromatic nitrogens is 3. The van der Waals surface area contributed by atoms with E-state index in [2.05, 4.69) is 58.4 Å². The molecule has 0 aliphatic carbocycles. The van der Waals surface area contributed by atoms with Gasteiger partial charge in [-0.2, -0.15) is 0 Å². The van der Waals surface area contributed by atoms with Crippen molar-refractivity contribution in [2.75, 3.05) is 13.1 Å². The van der Waals surface area contributed by atoms with Crippen molar-refractivity contribution >= 4 is 21.9 Å². The van der Waals surface area contributed by atoms with Gasteiger partial charge < -0.3 is 15.0 Å². The fraction of sp³-hybridized carbons (Fsp3) is 0.185. The summed E-state index contributed by atoms with van der Waals surface area (Å²) in [6.45, 7) is 1.96. The first kappa shape index (κ1) is 19.0. The minimum absolute atomic E-state index is 0.245. The van der Waals surface area contributed by atoms with Gasteiger partial charge in [0, 0.05) is 23.4 Å². The van der Waals surface area contributed by atoms with E-state index in [1.807, 2.05) is 18.3 Å². The molecule has 2 N–H and O–H groups in total. The van der Waals surface area contributed by atoms with E-state index in [4.69, 9.17) is 9.97 Å². The number of benzene rings is 3. The molecule has 0 radical (unpaired) electrons. The van der Waals surface area contributed by atoms with E-state index in [0.717, 1.165) is 59.6 Å². The summed E-state index contributed by atoms with van der Waals surface area (Å²) in [4.78, 5) is 9.92. The lowest BCUT2D eigenvalue weighted by Gasteiger charge is -2.26. The van der Waals surface area contributed by atoms with Crippen LogP contribution >= 0.6 is 0 Å². The fourth-order valence-corrected chi connectivity index (χ4v) is 4.84. The highest BCUT2D eigenvalue weighted by molar-refractivity contribution is 5.95. The van der Waals surface area contributed by atoms with E-state index in [0.29, 0.717) is 6.04 Å². The van der Waals surface area contributed by atoms with Crippen LogP contribution in [0.3, 0.4) is 0 Å². The number of hydrogen-bond donors (Lipinski definition) is 2. The topological polar surface area (TPSA) is 63.0 Å². The lowest BCUT2D eigenvalue weighted by atomic mass is 10.0. The van der Waals surface area contributed by atoms with Gasteiger partial charge in [0.25, 0.3) is 0 Å². The van der Waals surface area contributed by atoms with Gasteiger partial charge in [0.05, 0.1) is 0 Å². The van der Waals surface area contributed by atoms with Crippen molar-refractivity contribution in [3.05, 3.63) is 79.0 Å². The molecule has 3 heterocycles. The second-order valence-corrected chi connectivity index (χ2v) is 8.43. The van der Waals surface area contributed by atoms with Crippen LogP contribution in [0.4, 0.5) is 0 Å².